The van der Waals surface area contributed by atoms with Crippen LogP contribution < -0.4 is 10.4 Å². The molecule has 0 aliphatic heterocycles. The number of hydrogen-bond acceptors (Lipinski definition) is 1. The van der Waals surface area contributed by atoms with Gasteiger partial charge < -0.3 is 4.43 Å². The predicted octanol–water partition coefficient (Wildman–Crippen LogP) is 5.18. The first-order chi connectivity index (χ1) is 13.3. The Balaban J connectivity index is 2.13. The van der Waals surface area contributed by atoms with Crippen LogP contribution in [-0.4, -0.2) is 8.32 Å². The summed E-state index contributed by atoms with van der Waals surface area (Å²) in [7, 11) is -2.87. The number of rotatable bonds is 5. The molecule has 0 amide bonds. The largest absolute Gasteiger partial charge is 0.403 e. The summed E-state index contributed by atoms with van der Waals surface area (Å²) < 4.78 is 47.8. The summed E-state index contributed by atoms with van der Waals surface area (Å²) in [6, 6.07) is 21.9. The van der Waals surface area contributed by atoms with E-state index in [9.17, 15) is 13.2 Å². The minimum atomic E-state index is -2.87. The molecular weight excluding hydrogens is 377 g/mol. The third-order valence-electron chi connectivity index (χ3n) is 4.98. The van der Waals surface area contributed by atoms with Crippen molar-refractivity contribution < 1.29 is 17.6 Å². The summed E-state index contributed by atoms with van der Waals surface area (Å²) in [5.74, 6) is -3.87. The molecule has 0 spiro atoms. The van der Waals surface area contributed by atoms with E-state index < -0.39 is 25.8 Å². The summed E-state index contributed by atoms with van der Waals surface area (Å²) in [6.45, 7) is 6.15. The van der Waals surface area contributed by atoms with Crippen molar-refractivity contribution in [1.29, 1.82) is 0 Å². The second-order valence-electron chi connectivity index (χ2n) is 7.79. The van der Waals surface area contributed by atoms with Crippen molar-refractivity contribution in [2.75, 3.05) is 0 Å². The van der Waals surface area contributed by atoms with Crippen molar-refractivity contribution in [3.05, 3.63) is 95.8 Å². The van der Waals surface area contributed by atoms with E-state index in [2.05, 4.69) is 20.8 Å². The van der Waals surface area contributed by atoms with Gasteiger partial charge in [-0.25, -0.2) is 13.2 Å². The van der Waals surface area contributed by atoms with Gasteiger partial charge in [-0.3, -0.25) is 0 Å². The van der Waals surface area contributed by atoms with Crippen LogP contribution in [0, 0.1) is 17.5 Å². The third-order valence-corrected chi connectivity index (χ3v) is 9.96. The lowest BCUT2D eigenvalue weighted by atomic mass is 10.2. The highest BCUT2D eigenvalue weighted by Crippen LogP contribution is 2.37. The van der Waals surface area contributed by atoms with Gasteiger partial charge in [0.15, 0.2) is 17.5 Å². The van der Waals surface area contributed by atoms with Crippen LogP contribution in [0.4, 0.5) is 13.2 Å². The average molecular weight is 401 g/mol. The molecule has 0 unspecified atom stereocenters. The highest BCUT2D eigenvalue weighted by molar-refractivity contribution is 6.99. The van der Waals surface area contributed by atoms with E-state index in [1.165, 1.54) is 6.07 Å². The third kappa shape index (κ3) is 3.64. The average Bonchev–Trinajstić information content (AvgIpc) is 2.69. The highest BCUT2D eigenvalue weighted by atomic mass is 28.4. The molecule has 0 aliphatic rings. The molecule has 0 N–H and O–H groups in total. The Morgan fingerprint density at radius 3 is 1.68 bits per heavy atom. The van der Waals surface area contributed by atoms with Crippen LogP contribution in [0.3, 0.4) is 0 Å². The second kappa shape index (κ2) is 7.93. The minimum Gasteiger partial charge on any atom is -0.403 e. The van der Waals surface area contributed by atoms with E-state index in [0.29, 0.717) is 0 Å². The van der Waals surface area contributed by atoms with E-state index in [1.54, 1.807) is 0 Å². The van der Waals surface area contributed by atoms with Crippen LogP contribution in [-0.2, 0) is 11.0 Å². The number of halogens is 3. The molecule has 146 valence electrons. The molecule has 5 heteroatoms. The molecule has 0 saturated heterocycles. The smallest absolute Gasteiger partial charge is 0.261 e. The maximum atomic E-state index is 14.3. The monoisotopic (exact) mass is 400 g/mol. The Morgan fingerprint density at radius 2 is 1.21 bits per heavy atom. The molecule has 0 fully saturated rings. The quantitative estimate of drug-likeness (QED) is 0.424. The summed E-state index contributed by atoms with van der Waals surface area (Å²) in [4.78, 5) is 0. The molecule has 3 aromatic rings. The van der Waals surface area contributed by atoms with Gasteiger partial charge in [0.25, 0.3) is 8.32 Å². The molecule has 0 radical (unpaired) electrons. The molecular formula is C23H23F3OSi. The van der Waals surface area contributed by atoms with E-state index in [0.717, 1.165) is 16.4 Å². The topological polar surface area (TPSA) is 9.23 Å². The molecule has 0 heterocycles. The zero-order valence-electron chi connectivity index (χ0n) is 16.2. The van der Waals surface area contributed by atoms with Crippen LogP contribution in [0.25, 0.3) is 0 Å². The van der Waals surface area contributed by atoms with Crippen LogP contribution in [0.15, 0.2) is 72.8 Å². The first-order valence-electron chi connectivity index (χ1n) is 9.15. The molecule has 1 nitrogen and oxygen atoms in total. The Labute approximate surface area is 164 Å². The Kier molecular flexibility index (Phi) is 5.77. The lowest BCUT2D eigenvalue weighted by molar-refractivity contribution is 0.277. The molecule has 0 aliphatic carbocycles. The van der Waals surface area contributed by atoms with E-state index in [4.69, 9.17) is 4.43 Å². The maximum absolute atomic E-state index is 14.3. The molecule has 0 aromatic heterocycles. The van der Waals surface area contributed by atoms with Gasteiger partial charge in [0, 0.05) is 5.56 Å². The summed E-state index contributed by atoms with van der Waals surface area (Å²) in [6.07, 6.45) is 0. The fourth-order valence-corrected chi connectivity index (χ4v) is 8.15. The van der Waals surface area contributed by atoms with Crippen molar-refractivity contribution in [2.24, 2.45) is 0 Å². The van der Waals surface area contributed by atoms with Crippen molar-refractivity contribution >= 4 is 18.7 Å². The number of benzene rings is 3. The zero-order chi connectivity index (χ0) is 20.4. The van der Waals surface area contributed by atoms with Gasteiger partial charge in [-0.05, 0) is 21.5 Å². The number of hydrogen-bond donors (Lipinski definition) is 0. The molecule has 0 saturated carbocycles. The minimum absolute atomic E-state index is 0.00638. The van der Waals surface area contributed by atoms with E-state index in [1.807, 2.05) is 60.7 Å². The maximum Gasteiger partial charge on any atom is 0.261 e. The fraction of sp³-hybridized carbons (Fsp3) is 0.217. The van der Waals surface area contributed by atoms with Crippen LogP contribution in [0.5, 0.6) is 0 Å². The van der Waals surface area contributed by atoms with Crippen molar-refractivity contribution in [1.82, 2.24) is 0 Å². The fourth-order valence-electron chi connectivity index (χ4n) is 3.62. The van der Waals surface area contributed by atoms with Gasteiger partial charge in [0.1, 0.15) is 0 Å². The summed E-state index contributed by atoms with van der Waals surface area (Å²) in [5, 5.41) is 1.79. The Morgan fingerprint density at radius 1 is 0.714 bits per heavy atom. The first-order valence-corrected chi connectivity index (χ1v) is 11.1. The van der Waals surface area contributed by atoms with Gasteiger partial charge in [0.05, 0.1) is 6.61 Å². The highest BCUT2D eigenvalue weighted by Gasteiger charge is 2.50. The first kappa shape index (κ1) is 20.4. The van der Waals surface area contributed by atoms with Gasteiger partial charge in [0.2, 0.25) is 0 Å². The van der Waals surface area contributed by atoms with Gasteiger partial charge >= 0.3 is 0 Å². The van der Waals surface area contributed by atoms with Crippen LogP contribution >= 0.6 is 0 Å². The normalized spacial score (nSPS) is 12.2. The van der Waals surface area contributed by atoms with E-state index in [-0.39, 0.29) is 17.2 Å². The SMILES string of the molecule is CC(C)(C)[Si](OCc1ccc(F)c(F)c1F)(c1ccccc1)c1ccccc1. The lowest BCUT2D eigenvalue weighted by Gasteiger charge is -2.43. The molecule has 0 atom stereocenters. The predicted molar refractivity (Wildman–Crippen MR) is 109 cm³/mol. The Bertz CT molecular complexity index is 898. The van der Waals surface area contributed by atoms with Gasteiger partial charge in [-0.15, -0.1) is 0 Å². The van der Waals surface area contributed by atoms with Crippen molar-refractivity contribution in [3.63, 3.8) is 0 Å². The standard InChI is InChI=1S/C23H23F3OSi/c1-23(2,3)28(18-10-6-4-7-11-18,19-12-8-5-9-13-19)27-16-17-14-15-20(24)22(26)21(17)25/h4-15H,16H2,1-3H3. The molecule has 3 rings (SSSR count). The molecule has 3 aromatic carbocycles. The van der Waals surface area contributed by atoms with Crippen molar-refractivity contribution in [2.45, 2.75) is 32.4 Å². The molecule has 28 heavy (non-hydrogen) atoms. The van der Waals surface area contributed by atoms with Crippen LogP contribution in [0.1, 0.15) is 26.3 Å². The van der Waals surface area contributed by atoms with Crippen LogP contribution in [0.2, 0.25) is 5.04 Å². The summed E-state index contributed by atoms with van der Waals surface area (Å²) >= 11 is 0. The van der Waals surface area contributed by atoms with Gasteiger partial charge in [-0.1, -0.05) is 87.5 Å². The van der Waals surface area contributed by atoms with E-state index >= 15 is 0 Å². The van der Waals surface area contributed by atoms with Gasteiger partial charge in [-0.2, -0.15) is 0 Å². The second-order valence-corrected chi connectivity index (χ2v) is 12.1. The summed E-state index contributed by atoms with van der Waals surface area (Å²) in [5.41, 5.74) is 0.00638. The lowest BCUT2D eigenvalue weighted by Crippen LogP contribution is -2.66. The zero-order valence-corrected chi connectivity index (χ0v) is 17.2. The molecule has 0 bridgehead atoms. The van der Waals surface area contributed by atoms with Crippen molar-refractivity contribution in [3.8, 4) is 0 Å². The Hall–Kier alpha value is -2.37.